The topological polar surface area (TPSA) is 236 Å². The summed E-state index contributed by atoms with van der Waals surface area (Å²) >= 11 is 0. The van der Waals surface area contributed by atoms with E-state index in [-0.39, 0.29) is 13.0 Å². The van der Waals surface area contributed by atoms with Crippen LogP contribution in [0.5, 0.6) is 0 Å². The van der Waals surface area contributed by atoms with Gasteiger partial charge in [-0.15, -0.1) is 4.99 Å². The first kappa shape index (κ1) is 38.4. The van der Waals surface area contributed by atoms with Gasteiger partial charge in [-0.1, -0.05) is 0 Å². The first-order valence-corrected chi connectivity index (χ1v) is 13.6. The second-order valence-electron chi connectivity index (χ2n) is 11.4. The summed E-state index contributed by atoms with van der Waals surface area (Å²) in [5.74, 6) is -3.83. The number of hydrogen-bond acceptors (Lipinski definition) is 13. The van der Waals surface area contributed by atoms with Crippen molar-refractivity contribution in [3.63, 3.8) is 0 Å². The minimum atomic E-state index is -1.35. The number of alkyl carbamates (subject to hydrolysis) is 1. The van der Waals surface area contributed by atoms with Crippen molar-refractivity contribution in [1.82, 2.24) is 16.0 Å². The third-order valence-electron chi connectivity index (χ3n) is 5.19. The predicted octanol–water partition coefficient (Wildman–Crippen LogP) is 1.36. The molecule has 0 saturated heterocycles. The number of guanidine groups is 1. The number of ether oxygens (including phenoxy) is 7. The average Bonchev–Trinajstić information content (AvgIpc) is 2.88. The van der Waals surface area contributed by atoms with Crippen LogP contribution in [0.25, 0.3) is 0 Å². The van der Waals surface area contributed by atoms with E-state index in [4.69, 9.17) is 28.4 Å². The Kier molecular flexibility index (Phi) is 14.5. The highest BCUT2D eigenvalue weighted by atomic mass is 16.7. The standard InChI is InChI=1S/C27H42N4O14/c1-14(32)28-19-15(29-22(30-23(36)44-26(2,3)4)31-24(37)45-27(5,6)7)12-17(21(35)39-8)43-20(19)16(42-13-18(33)34)10-11-41-25(38)40-9/h12,15-16,19-20H,10-11,13H2,1-9H3,(H,28,32)(H,33,34)(H2,29,30,31,36,37)/t15-,16+,19+,20-/m0/s1. The Labute approximate surface area is 260 Å². The van der Waals surface area contributed by atoms with Crippen molar-refractivity contribution in [1.29, 1.82) is 0 Å². The molecule has 1 aliphatic rings. The molecule has 4 atom stereocenters. The number of aliphatic carboxylic acids is 1. The van der Waals surface area contributed by atoms with Crippen LogP contribution in [-0.4, -0.2) is 110 Å². The SMILES string of the molecule is COC(=O)OCC[C@@H](OCC(=O)O)[C@@H]1OC(C(=O)OC)=C[C@H](N/C(=N/C(=O)OC(C)(C)C)NC(=O)OC(C)(C)C)[C@H]1NC(C)=O. The van der Waals surface area contributed by atoms with Crippen molar-refractivity contribution in [3.05, 3.63) is 11.8 Å². The number of carbonyl (C=O) groups is 6. The van der Waals surface area contributed by atoms with Gasteiger partial charge in [0.2, 0.25) is 17.6 Å². The number of nitrogens with zero attached hydrogens (tertiary/aromatic N) is 1. The number of rotatable bonds is 10. The van der Waals surface area contributed by atoms with E-state index >= 15 is 0 Å². The van der Waals surface area contributed by atoms with Gasteiger partial charge in [-0.2, -0.15) is 0 Å². The number of carboxylic acid groups (broad SMARTS) is 1. The summed E-state index contributed by atoms with van der Waals surface area (Å²) in [5, 5.41) is 17.0. The first-order chi connectivity index (χ1) is 20.7. The molecule has 1 rings (SSSR count). The Bertz CT molecular complexity index is 1160. The third-order valence-corrected chi connectivity index (χ3v) is 5.19. The largest absolute Gasteiger partial charge is 0.507 e. The minimum Gasteiger partial charge on any atom is -0.480 e. The molecule has 0 aromatic heterocycles. The molecular formula is C27H42N4O14. The summed E-state index contributed by atoms with van der Waals surface area (Å²) in [4.78, 5) is 76.9. The van der Waals surface area contributed by atoms with Gasteiger partial charge in [0.25, 0.3) is 0 Å². The van der Waals surface area contributed by atoms with E-state index in [1.54, 1.807) is 41.5 Å². The van der Waals surface area contributed by atoms with Crippen LogP contribution in [0.1, 0.15) is 54.9 Å². The van der Waals surface area contributed by atoms with Crippen LogP contribution < -0.4 is 16.0 Å². The van der Waals surface area contributed by atoms with E-state index in [1.165, 1.54) is 13.0 Å². The molecular weight excluding hydrogens is 604 g/mol. The summed E-state index contributed by atoms with van der Waals surface area (Å²) in [6.07, 6.45) is -4.76. The van der Waals surface area contributed by atoms with E-state index in [1.807, 2.05) is 0 Å². The zero-order chi connectivity index (χ0) is 34.5. The van der Waals surface area contributed by atoms with Crippen molar-refractivity contribution in [2.75, 3.05) is 27.4 Å². The van der Waals surface area contributed by atoms with Gasteiger partial charge in [-0.25, -0.2) is 24.0 Å². The molecule has 45 heavy (non-hydrogen) atoms. The summed E-state index contributed by atoms with van der Waals surface area (Å²) in [6, 6.07) is -2.41. The second kappa shape index (κ2) is 17.0. The third kappa shape index (κ3) is 15.1. The van der Waals surface area contributed by atoms with E-state index in [2.05, 4.69) is 25.7 Å². The highest BCUT2D eigenvalue weighted by Gasteiger charge is 2.43. The van der Waals surface area contributed by atoms with Gasteiger partial charge in [-0.05, 0) is 47.6 Å². The number of esters is 1. The van der Waals surface area contributed by atoms with E-state index in [0.717, 1.165) is 14.2 Å². The van der Waals surface area contributed by atoms with Gasteiger partial charge in [0, 0.05) is 13.3 Å². The summed E-state index contributed by atoms with van der Waals surface area (Å²) < 4.78 is 36.0. The zero-order valence-electron chi connectivity index (χ0n) is 26.7. The molecule has 18 nitrogen and oxygen atoms in total. The Morgan fingerprint density at radius 3 is 2.11 bits per heavy atom. The molecule has 0 radical (unpaired) electrons. The van der Waals surface area contributed by atoms with Crippen LogP contribution in [0.4, 0.5) is 14.4 Å². The molecule has 0 aromatic rings. The number of aliphatic imine (C=N–C) groups is 1. The molecule has 0 spiro atoms. The lowest BCUT2D eigenvalue weighted by Crippen LogP contribution is -2.63. The van der Waals surface area contributed by atoms with Gasteiger partial charge in [0.05, 0.1) is 32.9 Å². The monoisotopic (exact) mass is 646 g/mol. The lowest BCUT2D eigenvalue weighted by Gasteiger charge is -2.41. The van der Waals surface area contributed by atoms with Crippen LogP contribution in [0.3, 0.4) is 0 Å². The molecule has 0 bridgehead atoms. The van der Waals surface area contributed by atoms with Gasteiger partial charge >= 0.3 is 30.3 Å². The van der Waals surface area contributed by atoms with Crippen LogP contribution in [0, 0.1) is 0 Å². The van der Waals surface area contributed by atoms with Gasteiger partial charge in [0.1, 0.15) is 30.0 Å². The molecule has 1 aliphatic heterocycles. The van der Waals surface area contributed by atoms with E-state index < -0.39 is 90.0 Å². The predicted molar refractivity (Wildman–Crippen MR) is 153 cm³/mol. The molecule has 18 heteroatoms. The molecule has 0 aliphatic carbocycles. The zero-order valence-corrected chi connectivity index (χ0v) is 26.7. The molecule has 254 valence electrons. The number of hydrogen-bond donors (Lipinski definition) is 4. The summed E-state index contributed by atoms with van der Waals surface area (Å²) in [6.45, 7) is 9.59. The summed E-state index contributed by atoms with van der Waals surface area (Å²) in [7, 11) is 2.16. The van der Waals surface area contributed by atoms with Crippen LogP contribution in [-0.2, 0) is 47.5 Å². The maximum atomic E-state index is 12.7. The van der Waals surface area contributed by atoms with Crippen LogP contribution >= 0.6 is 0 Å². The second-order valence-corrected chi connectivity index (χ2v) is 11.4. The molecule has 0 aromatic carbocycles. The Balaban J connectivity index is 3.66. The minimum absolute atomic E-state index is 0.195. The molecule has 1 heterocycles. The smallest absolute Gasteiger partial charge is 0.480 e. The van der Waals surface area contributed by atoms with Gasteiger partial charge in [0.15, 0.2) is 0 Å². The van der Waals surface area contributed by atoms with Crippen molar-refractivity contribution < 1.29 is 67.0 Å². The number of carboxylic acids is 1. The average molecular weight is 647 g/mol. The lowest BCUT2D eigenvalue weighted by atomic mass is 9.92. The highest BCUT2D eigenvalue weighted by Crippen LogP contribution is 2.25. The Hall–Kier alpha value is -4.61. The maximum absolute atomic E-state index is 12.7. The van der Waals surface area contributed by atoms with Crippen molar-refractivity contribution in [3.8, 4) is 0 Å². The lowest BCUT2D eigenvalue weighted by molar-refractivity contribution is -0.155. The fourth-order valence-corrected chi connectivity index (χ4v) is 3.66. The van der Waals surface area contributed by atoms with Crippen LogP contribution in [0.2, 0.25) is 0 Å². The molecule has 0 fully saturated rings. The van der Waals surface area contributed by atoms with Crippen molar-refractivity contribution in [2.24, 2.45) is 4.99 Å². The molecule has 3 amide bonds. The number of nitrogens with one attached hydrogen (secondary N) is 3. The van der Waals surface area contributed by atoms with E-state index in [0.29, 0.717) is 0 Å². The van der Waals surface area contributed by atoms with E-state index in [9.17, 15) is 33.9 Å². The fourth-order valence-electron chi connectivity index (χ4n) is 3.66. The Morgan fingerprint density at radius 1 is 0.978 bits per heavy atom. The highest BCUT2D eigenvalue weighted by molar-refractivity contribution is 5.99. The van der Waals surface area contributed by atoms with Crippen molar-refractivity contribution >= 4 is 42.1 Å². The molecule has 0 saturated carbocycles. The van der Waals surface area contributed by atoms with Crippen molar-refractivity contribution in [2.45, 2.75) is 90.4 Å². The number of methoxy groups -OCH3 is 2. The van der Waals surface area contributed by atoms with Gasteiger partial charge < -0.3 is 48.9 Å². The fraction of sp³-hybridized carbons (Fsp3) is 0.667. The molecule has 0 unspecified atom stereocenters. The molecule has 4 N–H and O–H groups in total. The summed E-state index contributed by atoms with van der Waals surface area (Å²) in [5.41, 5.74) is -1.90. The number of amides is 3. The maximum Gasteiger partial charge on any atom is 0.507 e. The Morgan fingerprint density at radius 2 is 1.60 bits per heavy atom. The van der Waals surface area contributed by atoms with Crippen LogP contribution in [0.15, 0.2) is 16.8 Å². The number of carbonyl (C=O) groups excluding carboxylic acids is 5. The van der Waals surface area contributed by atoms with Gasteiger partial charge in [-0.3, -0.25) is 10.1 Å². The quantitative estimate of drug-likeness (QED) is 0.113. The first-order valence-electron chi connectivity index (χ1n) is 13.6. The normalized spacial score (nSPS) is 19.0.